The molecule has 2 aliphatic carbocycles. The molecule has 0 aliphatic heterocycles. The Bertz CT molecular complexity index is 2710. The summed E-state index contributed by atoms with van der Waals surface area (Å²) in [5, 5.41) is 21.7. The second-order valence-electron chi connectivity index (χ2n) is 18.4. The van der Waals surface area contributed by atoms with Crippen molar-refractivity contribution in [3.8, 4) is 0 Å². The van der Waals surface area contributed by atoms with E-state index in [2.05, 4.69) is 66.2 Å². The fraction of sp³-hybridized carbons (Fsp3) is 0.500. The summed E-state index contributed by atoms with van der Waals surface area (Å²) in [5.41, 5.74) is -2.89. The van der Waals surface area contributed by atoms with Gasteiger partial charge in [0.2, 0.25) is 0 Å². The summed E-state index contributed by atoms with van der Waals surface area (Å²) >= 11 is 0. The van der Waals surface area contributed by atoms with Gasteiger partial charge in [0.1, 0.15) is 41.0 Å². The summed E-state index contributed by atoms with van der Waals surface area (Å²) < 4.78 is 141. The van der Waals surface area contributed by atoms with Gasteiger partial charge in [-0.25, -0.2) is 32.2 Å². The largest absolute Gasteiger partial charge is 0.434 e. The standard InChI is InChI=1S/C25H33F5N6O2Si.C19H19F5N6O/c1-39(2,3)12-11-38-15-36-22(23(26)27)18(13-31-36)24(37)33-17-9-7-16(8-10-17)32-20-5-4-6-21-34-19(14-35(20)21)25(28,29)30;20-17(21)16-12(8-25-29-16)18(31)27-11-6-4-10(5-7-11)26-14-2-1-3-15-28-13(9-30(14)15)19(22,23)24/h4-6,13-14,16-17,23,32H,7-12,15H2,1-3H3,(H,33,37);1-3,8-11,17,26H,4-7H2,(H,25,29)(H,27,31). The van der Waals surface area contributed by atoms with Crippen LogP contribution in [0.1, 0.15) is 108 Å². The molecule has 6 heterocycles. The molecule has 2 aliphatic rings. The van der Waals surface area contributed by atoms with Gasteiger partial charge in [0.25, 0.3) is 24.7 Å². The van der Waals surface area contributed by atoms with Crippen molar-refractivity contribution in [1.82, 2.24) is 49.4 Å². The van der Waals surface area contributed by atoms with Crippen LogP contribution in [0.4, 0.5) is 55.5 Å². The van der Waals surface area contributed by atoms with Gasteiger partial charge in [-0.05, 0) is 81.7 Å². The lowest BCUT2D eigenvalue weighted by molar-refractivity contribution is -0.141. The molecule has 0 spiro atoms. The summed E-state index contributed by atoms with van der Waals surface area (Å²) in [6.07, 6.45) is -5.74. The number of rotatable bonds is 15. The monoisotopic (exact) mass is 1010 g/mol. The van der Waals surface area contributed by atoms with Crippen molar-refractivity contribution in [3.63, 3.8) is 0 Å². The Morgan fingerprint density at radius 3 is 1.61 bits per heavy atom. The molecule has 6 aromatic rings. The van der Waals surface area contributed by atoms with E-state index in [9.17, 15) is 53.5 Å². The lowest BCUT2D eigenvalue weighted by Crippen LogP contribution is -2.40. The van der Waals surface area contributed by atoms with Crippen LogP contribution in [-0.2, 0) is 23.8 Å². The number of pyridine rings is 2. The van der Waals surface area contributed by atoms with Crippen molar-refractivity contribution < 1.29 is 58.2 Å². The molecule has 380 valence electrons. The van der Waals surface area contributed by atoms with Crippen LogP contribution in [0, 0.1) is 0 Å². The normalized spacial score (nSPS) is 19.1. The molecule has 6 aromatic heterocycles. The second-order valence-corrected chi connectivity index (χ2v) is 24.1. The Morgan fingerprint density at radius 1 is 0.700 bits per heavy atom. The summed E-state index contributed by atoms with van der Waals surface area (Å²) in [6.45, 7) is 6.86. The van der Waals surface area contributed by atoms with E-state index in [0.717, 1.165) is 35.5 Å². The first-order chi connectivity index (χ1) is 33.0. The number of alkyl halides is 10. The van der Waals surface area contributed by atoms with Gasteiger partial charge in [0.15, 0.2) is 11.4 Å². The van der Waals surface area contributed by atoms with Gasteiger partial charge in [0.05, 0.1) is 23.5 Å². The zero-order valence-electron chi connectivity index (χ0n) is 38.2. The van der Waals surface area contributed by atoms with Crippen LogP contribution in [0.2, 0.25) is 25.7 Å². The van der Waals surface area contributed by atoms with E-state index in [1.807, 2.05) is 0 Å². The molecule has 26 heteroatoms. The Balaban J connectivity index is 0.000000212. The number of hydrogen-bond donors (Lipinski definition) is 5. The first-order valence-corrected chi connectivity index (χ1v) is 26.2. The smallest absolute Gasteiger partial charge is 0.368 e. The van der Waals surface area contributed by atoms with E-state index in [1.165, 1.54) is 20.9 Å². The van der Waals surface area contributed by atoms with Crippen molar-refractivity contribution >= 4 is 42.8 Å². The molecule has 5 N–H and O–H groups in total. The number of H-pyrrole nitrogens is 1. The zero-order chi connectivity index (χ0) is 50.5. The summed E-state index contributed by atoms with van der Waals surface area (Å²) in [4.78, 5) is 32.4. The Kier molecular flexibility index (Phi) is 15.8. The minimum absolute atomic E-state index is 0.0129. The fourth-order valence-electron chi connectivity index (χ4n) is 8.31. The number of hydrogen-bond acceptors (Lipinski definition) is 9. The van der Waals surface area contributed by atoms with Gasteiger partial charge < -0.3 is 26.0 Å². The number of fused-ring (bicyclic) bond motifs is 2. The van der Waals surface area contributed by atoms with Gasteiger partial charge in [0, 0.05) is 51.2 Å². The molecular formula is C44H52F10N12O3Si. The summed E-state index contributed by atoms with van der Waals surface area (Å²) in [7, 11) is -1.33. The van der Waals surface area contributed by atoms with Gasteiger partial charge in [-0.3, -0.25) is 23.5 Å². The third-order valence-corrected chi connectivity index (χ3v) is 13.8. The SMILES string of the molecule is C[Si](C)(C)CCOCn1ncc(C(=O)NC2CCC(Nc3cccc4nc(C(F)(F)F)cn34)CC2)c1C(F)F.O=C(NC1CCC(Nc2cccc3nc(C(F)(F)F)cn23)CC1)c1cn[nH]c1C(F)F. The number of nitrogens with zero attached hydrogens (tertiary/aromatic N) is 7. The van der Waals surface area contributed by atoms with Crippen LogP contribution >= 0.6 is 0 Å². The van der Waals surface area contributed by atoms with Gasteiger partial charge in [-0.1, -0.05) is 31.8 Å². The second kappa shape index (κ2) is 21.4. The van der Waals surface area contributed by atoms with E-state index < -0.39 is 67.9 Å². The summed E-state index contributed by atoms with van der Waals surface area (Å²) in [6, 6.07) is 10.0. The first-order valence-electron chi connectivity index (χ1n) is 22.5. The van der Waals surface area contributed by atoms with E-state index in [1.54, 1.807) is 24.3 Å². The number of halogens is 10. The average Bonchev–Trinajstić information content (AvgIpc) is 4.12. The predicted octanol–water partition coefficient (Wildman–Crippen LogP) is 10.1. The van der Waals surface area contributed by atoms with E-state index in [4.69, 9.17) is 4.74 Å². The predicted molar refractivity (Wildman–Crippen MR) is 239 cm³/mol. The zero-order valence-corrected chi connectivity index (χ0v) is 39.2. The van der Waals surface area contributed by atoms with Crippen molar-refractivity contribution in [2.24, 2.45) is 0 Å². The highest BCUT2D eigenvalue weighted by atomic mass is 28.3. The number of nitrogens with one attached hydrogen (secondary N) is 5. The maximum Gasteiger partial charge on any atom is 0.434 e. The molecule has 2 fully saturated rings. The summed E-state index contributed by atoms with van der Waals surface area (Å²) in [5.74, 6) is -0.238. The fourth-order valence-corrected chi connectivity index (χ4v) is 9.07. The van der Waals surface area contributed by atoms with Crippen LogP contribution in [0.25, 0.3) is 11.3 Å². The topological polar surface area (TPSA) is 173 Å². The Hall–Kier alpha value is -6.18. The number of carbonyl (C=O) groups excluding carboxylic acids is 2. The van der Waals surface area contributed by atoms with Crippen LogP contribution < -0.4 is 21.3 Å². The van der Waals surface area contributed by atoms with Crippen molar-refractivity contribution in [1.29, 1.82) is 0 Å². The highest BCUT2D eigenvalue weighted by molar-refractivity contribution is 6.76. The average molecular weight is 1020 g/mol. The molecule has 2 saturated carbocycles. The lowest BCUT2D eigenvalue weighted by atomic mass is 9.91. The van der Waals surface area contributed by atoms with Crippen molar-refractivity contribution in [2.45, 2.75) is 133 Å². The quantitative estimate of drug-likeness (QED) is 0.0381. The maximum absolute atomic E-state index is 13.8. The first kappa shape index (κ1) is 51.7. The van der Waals surface area contributed by atoms with E-state index in [-0.39, 0.29) is 53.3 Å². The molecule has 0 saturated heterocycles. The minimum Gasteiger partial charge on any atom is -0.368 e. The number of amides is 2. The number of aromatic amines is 1. The van der Waals surface area contributed by atoms with E-state index >= 15 is 0 Å². The molecule has 70 heavy (non-hydrogen) atoms. The number of imidazole rings is 2. The molecule has 8 rings (SSSR count). The third-order valence-electron chi connectivity index (χ3n) is 12.1. The molecule has 0 radical (unpaired) electrons. The van der Waals surface area contributed by atoms with Crippen LogP contribution in [-0.4, -0.2) is 89.4 Å². The number of aromatic nitrogens is 8. The van der Waals surface area contributed by atoms with Crippen LogP contribution in [0.5, 0.6) is 0 Å². The minimum atomic E-state index is -4.54. The van der Waals surface area contributed by atoms with Crippen LogP contribution in [0.3, 0.4) is 0 Å². The van der Waals surface area contributed by atoms with Gasteiger partial charge >= 0.3 is 12.4 Å². The maximum atomic E-state index is 13.8. The van der Waals surface area contributed by atoms with Crippen molar-refractivity contribution in [3.05, 3.63) is 95.1 Å². The van der Waals surface area contributed by atoms with Gasteiger partial charge in [-0.15, -0.1) is 0 Å². The molecule has 0 bridgehead atoms. The number of carbonyl (C=O) groups is 2. The van der Waals surface area contributed by atoms with Crippen LogP contribution in [0.15, 0.2) is 61.2 Å². The molecular weight excluding hydrogens is 963 g/mol. The Labute approximate surface area is 395 Å². The third kappa shape index (κ3) is 13.0. The molecule has 15 nitrogen and oxygen atoms in total. The molecule has 2 amide bonds. The highest BCUT2D eigenvalue weighted by Crippen LogP contribution is 2.33. The van der Waals surface area contributed by atoms with E-state index in [0.29, 0.717) is 69.6 Å². The molecule has 0 atom stereocenters. The van der Waals surface area contributed by atoms with Crippen molar-refractivity contribution in [2.75, 3.05) is 17.2 Å². The number of anilines is 2. The highest BCUT2D eigenvalue weighted by Gasteiger charge is 2.36. The number of ether oxygens (including phenoxy) is 1. The molecule has 0 aromatic carbocycles. The molecule has 0 unspecified atom stereocenters. The Morgan fingerprint density at radius 2 is 1.17 bits per heavy atom. The van der Waals surface area contributed by atoms with Gasteiger partial charge in [-0.2, -0.15) is 36.5 Å². The lowest BCUT2D eigenvalue weighted by Gasteiger charge is -2.30.